The zero-order valence-corrected chi connectivity index (χ0v) is 15.2. The second-order valence-electron chi connectivity index (χ2n) is 6.22. The molecular weight excluding hydrogens is 382 g/mol. The van der Waals surface area contributed by atoms with Crippen LogP contribution < -0.4 is 21.1 Å². The fourth-order valence-corrected chi connectivity index (χ4v) is 3.24. The first-order chi connectivity index (χ1) is 13.9. The number of rotatable bonds is 8. The first-order valence-corrected chi connectivity index (χ1v) is 8.68. The Morgan fingerprint density at radius 1 is 0.966 bits per heavy atom. The van der Waals surface area contributed by atoms with Crippen molar-refractivity contribution in [3.63, 3.8) is 0 Å². The summed E-state index contributed by atoms with van der Waals surface area (Å²) < 4.78 is 4.93. The van der Waals surface area contributed by atoms with Crippen LogP contribution in [-0.4, -0.2) is 59.6 Å². The lowest BCUT2D eigenvalue weighted by Crippen LogP contribution is -2.28. The Balaban J connectivity index is 2.15. The Hall–Kier alpha value is -3.63. The van der Waals surface area contributed by atoms with Gasteiger partial charge in [0.1, 0.15) is 11.5 Å². The summed E-state index contributed by atoms with van der Waals surface area (Å²) >= 11 is 0. The SMILES string of the molecule is Nc1cc(OC=O)c(NCCNCCO)c2c1C(=O)c1c(O)ccc(O)c1C2=O. The van der Waals surface area contributed by atoms with E-state index in [4.69, 9.17) is 15.6 Å². The van der Waals surface area contributed by atoms with Gasteiger partial charge < -0.3 is 36.4 Å². The van der Waals surface area contributed by atoms with Crippen LogP contribution in [0.4, 0.5) is 11.4 Å². The van der Waals surface area contributed by atoms with Crippen molar-refractivity contribution < 1.29 is 34.4 Å². The van der Waals surface area contributed by atoms with E-state index in [0.717, 1.165) is 12.1 Å². The third-order valence-electron chi connectivity index (χ3n) is 4.46. The van der Waals surface area contributed by atoms with E-state index in [9.17, 15) is 24.6 Å². The summed E-state index contributed by atoms with van der Waals surface area (Å²) in [4.78, 5) is 37.1. The quantitative estimate of drug-likeness (QED) is 0.130. The molecule has 3 rings (SSSR count). The average Bonchev–Trinajstić information content (AvgIpc) is 2.68. The molecule has 7 N–H and O–H groups in total. The molecule has 0 aliphatic heterocycles. The van der Waals surface area contributed by atoms with Crippen LogP contribution in [0.15, 0.2) is 18.2 Å². The normalized spacial score (nSPS) is 12.3. The van der Waals surface area contributed by atoms with Gasteiger partial charge in [-0.25, -0.2) is 0 Å². The summed E-state index contributed by atoms with van der Waals surface area (Å²) in [5.41, 5.74) is 4.87. The highest BCUT2D eigenvalue weighted by Gasteiger charge is 2.38. The van der Waals surface area contributed by atoms with Gasteiger partial charge in [0.2, 0.25) is 11.6 Å². The number of nitrogen functional groups attached to an aromatic ring is 1. The van der Waals surface area contributed by atoms with Crippen LogP contribution >= 0.6 is 0 Å². The Bertz CT molecular complexity index is 1000. The van der Waals surface area contributed by atoms with Gasteiger partial charge in [0.25, 0.3) is 6.47 Å². The van der Waals surface area contributed by atoms with E-state index >= 15 is 0 Å². The lowest BCUT2D eigenvalue weighted by Gasteiger charge is -2.24. The highest BCUT2D eigenvalue weighted by molar-refractivity contribution is 6.33. The lowest BCUT2D eigenvalue weighted by molar-refractivity contribution is -0.120. The molecule has 0 aromatic heterocycles. The number of carbonyl (C=O) groups is 3. The maximum absolute atomic E-state index is 13.2. The summed E-state index contributed by atoms with van der Waals surface area (Å²) in [5.74, 6) is -2.49. The van der Waals surface area contributed by atoms with Crippen molar-refractivity contribution in [2.45, 2.75) is 0 Å². The molecule has 0 heterocycles. The van der Waals surface area contributed by atoms with Crippen molar-refractivity contribution in [3.05, 3.63) is 40.5 Å². The van der Waals surface area contributed by atoms with E-state index < -0.39 is 23.1 Å². The van der Waals surface area contributed by atoms with Crippen molar-refractivity contribution >= 4 is 29.4 Å². The molecular formula is C19H19N3O7. The molecule has 10 heteroatoms. The third kappa shape index (κ3) is 3.46. The molecule has 0 bridgehead atoms. The minimum atomic E-state index is -0.753. The Morgan fingerprint density at radius 3 is 2.17 bits per heavy atom. The van der Waals surface area contributed by atoms with Crippen LogP contribution in [0.3, 0.4) is 0 Å². The molecule has 1 aliphatic carbocycles. The summed E-state index contributed by atoms with van der Waals surface area (Å²) in [5, 5.41) is 34.9. The fraction of sp³-hybridized carbons (Fsp3) is 0.211. The number of anilines is 2. The molecule has 152 valence electrons. The van der Waals surface area contributed by atoms with E-state index in [0.29, 0.717) is 13.1 Å². The number of aliphatic hydroxyl groups excluding tert-OH is 1. The number of aromatic hydroxyl groups is 2. The Morgan fingerprint density at radius 2 is 1.59 bits per heavy atom. The predicted octanol–water partition coefficient (Wildman–Crippen LogP) is -0.0156. The van der Waals surface area contributed by atoms with Gasteiger partial charge in [0.05, 0.1) is 34.5 Å². The fourth-order valence-electron chi connectivity index (χ4n) is 3.24. The largest absolute Gasteiger partial charge is 0.507 e. The minimum absolute atomic E-state index is 0.0523. The minimum Gasteiger partial charge on any atom is -0.507 e. The molecule has 2 aromatic rings. The molecule has 1 aliphatic rings. The Labute approximate surface area is 164 Å². The van der Waals surface area contributed by atoms with Crippen LogP contribution in [0.5, 0.6) is 17.2 Å². The number of aliphatic hydroxyl groups is 1. The monoisotopic (exact) mass is 401 g/mol. The van der Waals surface area contributed by atoms with Crippen LogP contribution in [0.1, 0.15) is 31.8 Å². The Kier molecular flexibility index (Phi) is 5.66. The number of nitrogens with two attached hydrogens (primary N) is 1. The zero-order valence-electron chi connectivity index (χ0n) is 15.2. The number of ketones is 2. The van der Waals surface area contributed by atoms with E-state index in [-0.39, 0.29) is 59.0 Å². The molecule has 0 saturated heterocycles. The smallest absolute Gasteiger partial charge is 0.298 e. The highest BCUT2D eigenvalue weighted by atomic mass is 16.5. The average molecular weight is 401 g/mol. The van der Waals surface area contributed by atoms with Crippen molar-refractivity contribution in [1.29, 1.82) is 0 Å². The van der Waals surface area contributed by atoms with Gasteiger partial charge in [-0.05, 0) is 12.1 Å². The standard InChI is InChI=1S/C19H19N3O7/c20-9-7-12(29-8-24)17(22-4-3-21-5-6-23)16-13(9)18(27)14-10(25)1-2-11(26)15(14)19(16)28/h1-2,7-8,21-23,25-26H,3-6,20H2. The van der Waals surface area contributed by atoms with E-state index in [2.05, 4.69) is 10.6 Å². The maximum Gasteiger partial charge on any atom is 0.298 e. The second-order valence-corrected chi connectivity index (χ2v) is 6.22. The van der Waals surface area contributed by atoms with Crippen molar-refractivity contribution in [1.82, 2.24) is 5.32 Å². The number of benzene rings is 2. The van der Waals surface area contributed by atoms with Gasteiger partial charge in [0.15, 0.2) is 5.75 Å². The molecule has 29 heavy (non-hydrogen) atoms. The van der Waals surface area contributed by atoms with Gasteiger partial charge in [0, 0.05) is 31.4 Å². The number of carbonyl (C=O) groups excluding carboxylic acids is 3. The first-order valence-electron chi connectivity index (χ1n) is 8.68. The van der Waals surface area contributed by atoms with Gasteiger partial charge in [-0.1, -0.05) is 0 Å². The number of hydrogen-bond acceptors (Lipinski definition) is 10. The third-order valence-corrected chi connectivity index (χ3v) is 4.46. The second kappa shape index (κ2) is 8.17. The number of fused-ring (bicyclic) bond motifs is 2. The summed E-state index contributed by atoms with van der Waals surface area (Å²) in [6.45, 7) is 1.11. The molecule has 10 nitrogen and oxygen atoms in total. The molecule has 0 saturated carbocycles. The summed E-state index contributed by atoms with van der Waals surface area (Å²) in [6, 6.07) is 3.44. The van der Waals surface area contributed by atoms with Crippen molar-refractivity contribution in [2.24, 2.45) is 0 Å². The topological polar surface area (TPSA) is 171 Å². The van der Waals surface area contributed by atoms with Crippen LogP contribution in [0, 0.1) is 0 Å². The summed E-state index contributed by atoms with van der Waals surface area (Å²) in [6.07, 6.45) is 0. The van der Waals surface area contributed by atoms with Crippen LogP contribution in [0.25, 0.3) is 0 Å². The number of nitrogens with one attached hydrogen (secondary N) is 2. The number of hydrogen-bond donors (Lipinski definition) is 6. The predicted molar refractivity (Wildman–Crippen MR) is 103 cm³/mol. The first kappa shape index (κ1) is 20.1. The van der Waals surface area contributed by atoms with Gasteiger partial charge in [-0.3, -0.25) is 14.4 Å². The van der Waals surface area contributed by atoms with E-state index in [1.165, 1.54) is 6.07 Å². The van der Waals surface area contributed by atoms with Crippen molar-refractivity contribution in [2.75, 3.05) is 37.3 Å². The number of ether oxygens (including phenoxy) is 1. The molecule has 0 unspecified atom stereocenters. The van der Waals surface area contributed by atoms with Crippen LogP contribution in [-0.2, 0) is 4.79 Å². The van der Waals surface area contributed by atoms with E-state index in [1.54, 1.807) is 0 Å². The molecule has 0 radical (unpaired) electrons. The number of phenolic OH excluding ortho intramolecular Hbond substituents is 2. The molecule has 0 amide bonds. The van der Waals surface area contributed by atoms with Crippen LogP contribution in [0.2, 0.25) is 0 Å². The molecule has 0 atom stereocenters. The lowest BCUT2D eigenvalue weighted by atomic mass is 9.81. The van der Waals surface area contributed by atoms with E-state index in [1.807, 2.05) is 0 Å². The summed E-state index contributed by atoms with van der Waals surface area (Å²) in [7, 11) is 0. The van der Waals surface area contributed by atoms with Gasteiger partial charge >= 0.3 is 0 Å². The highest BCUT2D eigenvalue weighted by Crippen LogP contribution is 2.44. The molecule has 2 aromatic carbocycles. The maximum atomic E-state index is 13.2. The number of phenols is 2. The molecule has 0 fully saturated rings. The van der Waals surface area contributed by atoms with Gasteiger partial charge in [-0.2, -0.15) is 0 Å². The van der Waals surface area contributed by atoms with Crippen molar-refractivity contribution in [3.8, 4) is 17.2 Å². The zero-order chi connectivity index (χ0) is 21.1. The van der Waals surface area contributed by atoms with Gasteiger partial charge in [-0.15, -0.1) is 0 Å². The molecule has 0 spiro atoms.